The second kappa shape index (κ2) is 9.03. The molecule has 0 unspecified atom stereocenters. The maximum Gasteiger partial charge on any atom is 0.311 e. The first-order chi connectivity index (χ1) is 13.7. The third kappa shape index (κ3) is 5.21. The van der Waals surface area contributed by atoms with Crippen LogP contribution in [0.3, 0.4) is 0 Å². The second-order valence-corrected chi connectivity index (χ2v) is 7.87. The zero-order chi connectivity index (χ0) is 21.1. The largest absolute Gasteiger partial charge is 0.455 e. The molecule has 0 saturated carbocycles. The molecule has 1 aliphatic rings. The minimum Gasteiger partial charge on any atom is -0.455 e. The van der Waals surface area contributed by atoms with Crippen molar-refractivity contribution in [2.45, 2.75) is 13.3 Å². The molecule has 0 radical (unpaired) electrons. The van der Waals surface area contributed by atoms with Crippen LogP contribution in [0.25, 0.3) is 0 Å². The van der Waals surface area contributed by atoms with Gasteiger partial charge in [0.05, 0.1) is 16.6 Å². The molecule has 1 aliphatic heterocycles. The number of hydrogen-bond donors (Lipinski definition) is 1. The number of ether oxygens (including phenoxy) is 1. The molecule has 9 heteroatoms. The predicted molar refractivity (Wildman–Crippen MR) is 113 cm³/mol. The molecule has 1 atom stereocenters. The Kier molecular flexibility index (Phi) is 6.67. The Morgan fingerprint density at radius 3 is 2.62 bits per heavy atom. The highest BCUT2D eigenvalue weighted by Crippen LogP contribution is 2.33. The summed E-state index contributed by atoms with van der Waals surface area (Å²) in [6.07, 6.45) is -0.0309. The lowest BCUT2D eigenvalue weighted by Crippen LogP contribution is -2.28. The van der Waals surface area contributed by atoms with Crippen molar-refractivity contribution in [3.63, 3.8) is 0 Å². The maximum absolute atomic E-state index is 12.3. The third-order valence-electron chi connectivity index (χ3n) is 4.46. The summed E-state index contributed by atoms with van der Waals surface area (Å²) in [5.74, 6) is -2.09. The summed E-state index contributed by atoms with van der Waals surface area (Å²) >= 11 is 18.1. The summed E-state index contributed by atoms with van der Waals surface area (Å²) in [7, 11) is 0. The van der Waals surface area contributed by atoms with E-state index < -0.39 is 24.4 Å². The minimum absolute atomic E-state index is 0.0309. The van der Waals surface area contributed by atoms with Crippen LogP contribution in [0, 0.1) is 12.8 Å². The van der Waals surface area contributed by atoms with Gasteiger partial charge in [-0.3, -0.25) is 14.4 Å². The van der Waals surface area contributed by atoms with Crippen molar-refractivity contribution >= 4 is 64.0 Å². The van der Waals surface area contributed by atoms with Crippen molar-refractivity contribution in [2.75, 3.05) is 23.4 Å². The molecular weight excluding hydrogens is 439 g/mol. The van der Waals surface area contributed by atoms with Gasteiger partial charge in [-0.15, -0.1) is 0 Å². The van der Waals surface area contributed by atoms with E-state index in [0.29, 0.717) is 26.4 Å². The van der Waals surface area contributed by atoms with Crippen molar-refractivity contribution in [1.29, 1.82) is 0 Å². The van der Waals surface area contributed by atoms with E-state index in [0.717, 1.165) is 5.56 Å². The van der Waals surface area contributed by atoms with Gasteiger partial charge < -0.3 is 15.0 Å². The normalized spacial score (nSPS) is 16.1. The summed E-state index contributed by atoms with van der Waals surface area (Å²) in [5.41, 5.74) is 1.82. The molecule has 0 spiro atoms. The SMILES string of the molecule is Cc1ccc(NC(=O)COC(=O)[C@H]2CC(=O)N(c3cc(Cl)ccc3Cl)C2)cc1Cl. The topological polar surface area (TPSA) is 75.7 Å². The van der Waals surface area contributed by atoms with E-state index in [2.05, 4.69) is 5.32 Å². The molecular formula is C20H17Cl3N2O4. The summed E-state index contributed by atoms with van der Waals surface area (Å²) < 4.78 is 5.08. The molecule has 152 valence electrons. The van der Waals surface area contributed by atoms with Gasteiger partial charge >= 0.3 is 5.97 Å². The van der Waals surface area contributed by atoms with Crippen LogP contribution in [0.4, 0.5) is 11.4 Å². The van der Waals surface area contributed by atoms with Gasteiger partial charge in [-0.05, 0) is 42.8 Å². The van der Waals surface area contributed by atoms with Crippen molar-refractivity contribution in [1.82, 2.24) is 0 Å². The number of aryl methyl sites for hydroxylation is 1. The molecule has 2 amide bonds. The number of rotatable bonds is 5. The minimum atomic E-state index is -0.695. The van der Waals surface area contributed by atoms with Gasteiger partial charge in [0.1, 0.15) is 0 Å². The molecule has 2 aromatic rings. The molecule has 6 nitrogen and oxygen atoms in total. The van der Waals surface area contributed by atoms with Crippen LogP contribution in [0.2, 0.25) is 15.1 Å². The Bertz CT molecular complexity index is 980. The maximum atomic E-state index is 12.3. The standard InChI is InChI=1S/C20H17Cl3N2O4/c1-11-2-4-14(8-16(11)23)24-18(26)10-29-20(28)12-6-19(27)25(9-12)17-7-13(21)3-5-15(17)22/h2-5,7-8,12H,6,9-10H2,1H3,(H,24,26)/t12-/m0/s1. The monoisotopic (exact) mass is 454 g/mol. The average Bonchev–Trinajstić information content (AvgIpc) is 3.06. The van der Waals surface area contributed by atoms with Crippen molar-refractivity contribution < 1.29 is 19.1 Å². The number of anilines is 2. The number of carbonyl (C=O) groups is 3. The second-order valence-electron chi connectivity index (χ2n) is 6.62. The quantitative estimate of drug-likeness (QED) is 0.674. The fraction of sp³-hybridized carbons (Fsp3) is 0.250. The van der Waals surface area contributed by atoms with Crippen LogP contribution >= 0.6 is 34.8 Å². The zero-order valence-electron chi connectivity index (χ0n) is 15.4. The van der Waals surface area contributed by atoms with E-state index in [-0.39, 0.29) is 18.9 Å². The van der Waals surface area contributed by atoms with Crippen LogP contribution < -0.4 is 10.2 Å². The van der Waals surface area contributed by atoms with E-state index >= 15 is 0 Å². The Balaban J connectivity index is 1.56. The third-order valence-corrected chi connectivity index (χ3v) is 5.42. The van der Waals surface area contributed by atoms with Gasteiger partial charge in [-0.2, -0.15) is 0 Å². The van der Waals surface area contributed by atoms with Gasteiger partial charge in [-0.1, -0.05) is 40.9 Å². The van der Waals surface area contributed by atoms with Crippen LogP contribution in [-0.4, -0.2) is 30.9 Å². The molecule has 0 aromatic heterocycles. The lowest BCUT2D eigenvalue weighted by Gasteiger charge is -2.18. The van der Waals surface area contributed by atoms with Crippen molar-refractivity contribution in [3.05, 3.63) is 57.0 Å². The number of halogens is 3. The van der Waals surface area contributed by atoms with Gasteiger partial charge in [0.25, 0.3) is 5.91 Å². The zero-order valence-corrected chi connectivity index (χ0v) is 17.6. The average molecular weight is 456 g/mol. The molecule has 3 rings (SSSR count). The summed E-state index contributed by atoms with van der Waals surface area (Å²) in [5, 5.41) is 3.90. The molecule has 0 aliphatic carbocycles. The smallest absolute Gasteiger partial charge is 0.311 e. The molecule has 1 N–H and O–H groups in total. The lowest BCUT2D eigenvalue weighted by molar-refractivity contribution is -0.151. The van der Waals surface area contributed by atoms with Crippen LogP contribution in [0.5, 0.6) is 0 Å². The van der Waals surface area contributed by atoms with E-state index in [9.17, 15) is 14.4 Å². The van der Waals surface area contributed by atoms with Gasteiger partial charge in [0, 0.05) is 28.7 Å². The van der Waals surface area contributed by atoms with Crippen molar-refractivity contribution in [3.8, 4) is 0 Å². The number of carbonyl (C=O) groups excluding carboxylic acids is 3. The Morgan fingerprint density at radius 1 is 1.14 bits per heavy atom. The molecule has 0 bridgehead atoms. The fourth-order valence-corrected chi connectivity index (χ4v) is 3.48. The number of nitrogens with one attached hydrogen (secondary N) is 1. The van der Waals surface area contributed by atoms with E-state index in [4.69, 9.17) is 39.5 Å². The van der Waals surface area contributed by atoms with E-state index in [1.807, 2.05) is 6.92 Å². The number of nitrogens with zero attached hydrogens (tertiary/aromatic N) is 1. The highest BCUT2D eigenvalue weighted by Gasteiger charge is 2.37. The molecule has 29 heavy (non-hydrogen) atoms. The molecule has 2 aromatic carbocycles. The van der Waals surface area contributed by atoms with Gasteiger partial charge in [-0.25, -0.2) is 0 Å². The number of benzene rings is 2. The number of amides is 2. The number of esters is 1. The first kappa shape index (κ1) is 21.4. The highest BCUT2D eigenvalue weighted by atomic mass is 35.5. The van der Waals surface area contributed by atoms with E-state index in [1.165, 1.54) is 4.90 Å². The lowest BCUT2D eigenvalue weighted by atomic mass is 10.1. The van der Waals surface area contributed by atoms with Gasteiger partial charge in [0.15, 0.2) is 6.61 Å². The van der Waals surface area contributed by atoms with Crippen LogP contribution in [0.15, 0.2) is 36.4 Å². The predicted octanol–water partition coefficient (Wildman–Crippen LogP) is 4.49. The van der Waals surface area contributed by atoms with E-state index in [1.54, 1.807) is 36.4 Å². The first-order valence-electron chi connectivity index (χ1n) is 8.72. The first-order valence-corrected chi connectivity index (χ1v) is 9.86. The molecule has 1 saturated heterocycles. The molecule has 1 heterocycles. The Labute approximate surface area is 182 Å². The highest BCUT2D eigenvalue weighted by molar-refractivity contribution is 6.36. The summed E-state index contributed by atoms with van der Waals surface area (Å²) in [4.78, 5) is 38.0. The Hall–Kier alpha value is -2.28. The fourth-order valence-electron chi connectivity index (χ4n) is 2.91. The van der Waals surface area contributed by atoms with Crippen LogP contribution in [0.1, 0.15) is 12.0 Å². The summed E-state index contributed by atoms with van der Waals surface area (Å²) in [6, 6.07) is 9.83. The van der Waals surface area contributed by atoms with Crippen molar-refractivity contribution in [2.24, 2.45) is 5.92 Å². The number of hydrogen-bond acceptors (Lipinski definition) is 4. The van der Waals surface area contributed by atoms with Gasteiger partial charge in [0.2, 0.25) is 5.91 Å². The van der Waals surface area contributed by atoms with Crippen LogP contribution in [-0.2, 0) is 19.1 Å². The Morgan fingerprint density at radius 2 is 1.90 bits per heavy atom. The summed E-state index contributed by atoms with van der Waals surface area (Å²) in [6.45, 7) is 1.48. The molecule has 1 fully saturated rings.